The third-order valence-corrected chi connectivity index (χ3v) is 2.46. The molecule has 3 nitrogen and oxygen atoms in total. The molecule has 0 aliphatic carbocycles. The predicted molar refractivity (Wildman–Crippen MR) is 70.6 cm³/mol. The van der Waals surface area contributed by atoms with Gasteiger partial charge in [-0.1, -0.05) is 24.8 Å². The molecule has 0 saturated heterocycles. The van der Waals surface area contributed by atoms with E-state index in [0.29, 0.717) is 0 Å². The van der Waals surface area contributed by atoms with Crippen LogP contribution in [-0.4, -0.2) is 19.3 Å². The Morgan fingerprint density at radius 3 is 2.65 bits per heavy atom. The molecule has 2 atom stereocenters. The molecule has 0 amide bonds. The lowest BCUT2D eigenvalue weighted by atomic mass is 10.1. The van der Waals surface area contributed by atoms with Crippen LogP contribution in [0.3, 0.4) is 0 Å². The molecule has 17 heavy (non-hydrogen) atoms. The molecule has 1 aromatic carbocycles. The molecule has 0 aliphatic rings. The minimum atomic E-state index is -0.0573. The largest absolute Gasteiger partial charge is 0.493 e. The highest BCUT2D eigenvalue weighted by Crippen LogP contribution is 2.32. The molecular weight excluding hydrogens is 214 g/mol. The van der Waals surface area contributed by atoms with Crippen LogP contribution in [-0.2, 0) is 6.42 Å². The second kappa shape index (κ2) is 6.30. The van der Waals surface area contributed by atoms with Crippen molar-refractivity contribution < 1.29 is 9.47 Å². The lowest BCUT2D eigenvalue weighted by Gasteiger charge is -2.18. The van der Waals surface area contributed by atoms with Crippen LogP contribution >= 0.6 is 0 Å². The van der Waals surface area contributed by atoms with Crippen molar-refractivity contribution in [2.75, 3.05) is 7.11 Å². The average molecular weight is 235 g/mol. The molecule has 0 saturated carbocycles. The fraction of sp³-hybridized carbons (Fsp3) is 0.429. The molecule has 2 N–H and O–H groups in total. The van der Waals surface area contributed by atoms with E-state index in [1.807, 2.05) is 32.0 Å². The number of hydrogen-bond acceptors (Lipinski definition) is 3. The van der Waals surface area contributed by atoms with E-state index in [2.05, 4.69) is 6.58 Å². The van der Waals surface area contributed by atoms with E-state index in [4.69, 9.17) is 15.2 Å². The lowest BCUT2D eigenvalue weighted by molar-refractivity contribution is 0.251. The summed E-state index contributed by atoms with van der Waals surface area (Å²) in [6.07, 6.45) is 2.46. The second-order valence-electron chi connectivity index (χ2n) is 4.19. The van der Waals surface area contributed by atoms with E-state index in [1.54, 1.807) is 13.2 Å². The van der Waals surface area contributed by atoms with Gasteiger partial charge >= 0.3 is 0 Å². The van der Waals surface area contributed by atoms with E-state index >= 15 is 0 Å². The molecule has 1 rings (SSSR count). The molecule has 0 fully saturated rings. The number of ether oxygens (including phenoxy) is 2. The molecule has 0 aromatic heterocycles. The maximum absolute atomic E-state index is 5.83. The third-order valence-electron chi connectivity index (χ3n) is 2.46. The van der Waals surface area contributed by atoms with Gasteiger partial charge < -0.3 is 15.2 Å². The minimum absolute atomic E-state index is 0.0573. The van der Waals surface area contributed by atoms with Gasteiger partial charge in [0, 0.05) is 6.04 Å². The quantitative estimate of drug-likeness (QED) is 0.771. The summed E-state index contributed by atoms with van der Waals surface area (Å²) in [5, 5.41) is 0. The summed E-state index contributed by atoms with van der Waals surface area (Å²) in [6, 6.07) is 5.93. The minimum Gasteiger partial charge on any atom is -0.493 e. The average Bonchev–Trinajstić information content (AvgIpc) is 2.30. The SMILES string of the molecule is C=CC(C)Oc1c(CC(C)N)cccc1OC. The van der Waals surface area contributed by atoms with Crippen molar-refractivity contribution in [2.45, 2.75) is 32.4 Å². The van der Waals surface area contributed by atoms with Gasteiger partial charge in [0.05, 0.1) is 7.11 Å². The number of rotatable bonds is 6. The molecule has 3 heteroatoms. The van der Waals surface area contributed by atoms with E-state index < -0.39 is 0 Å². The number of nitrogens with two attached hydrogens (primary N) is 1. The van der Waals surface area contributed by atoms with Gasteiger partial charge in [0.25, 0.3) is 0 Å². The van der Waals surface area contributed by atoms with Gasteiger partial charge in [-0.15, -0.1) is 0 Å². The van der Waals surface area contributed by atoms with Crippen molar-refractivity contribution in [1.82, 2.24) is 0 Å². The summed E-state index contributed by atoms with van der Waals surface area (Å²) < 4.78 is 11.1. The molecule has 2 unspecified atom stereocenters. The summed E-state index contributed by atoms with van der Waals surface area (Å²) in [6.45, 7) is 7.62. The number of hydrogen-bond donors (Lipinski definition) is 1. The van der Waals surface area contributed by atoms with Crippen molar-refractivity contribution in [1.29, 1.82) is 0 Å². The number of para-hydroxylation sites is 1. The second-order valence-corrected chi connectivity index (χ2v) is 4.19. The first-order valence-electron chi connectivity index (χ1n) is 5.79. The molecular formula is C14H21NO2. The maximum Gasteiger partial charge on any atom is 0.165 e. The van der Waals surface area contributed by atoms with E-state index in [1.165, 1.54) is 0 Å². The zero-order chi connectivity index (χ0) is 12.8. The van der Waals surface area contributed by atoms with Crippen LogP contribution in [0.4, 0.5) is 0 Å². The van der Waals surface area contributed by atoms with Gasteiger partial charge in [0.15, 0.2) is 11.5 Å². The molecule has 0 heterocycles. The normalized spacial score (nSPS) is 13.9. The Bertz CT molecular complexity index is 374. The van der Waals surface area contributed by atoms with Crippen LogP contribution < -0.4 is 15.2 Å². The van der Waals surface area contributed by atoms with Gasteiger partial charge in [-0.3, -0.25) is 0 Å². The van der Waals surface area contributed by atoms with Crippen LogP contribution in [0.25, 0.3) is 0 Å². The van der Waals surface area contributed by atoms with Crippen LogP contribution in [0.5, 0.6) is 11.5 Å². The molecule has 0 radical (unpaired) electrons. The number of benzene rings is 1. The van der Waals surface area contributed by atoms with Gasteiger partial charge in [-0.25, -0.2) is 0 Å². The Labute approximate surface area is 103 Å². The summed E-state index contributed by atoms with van der Waals surface area (Å²) >= 11 is 0. The first-order chi connectivity index (χ1) is 8.08. The third kappa shape index (κ3) is 3.79. The fourth-order valence-electron chi connectivity index (χ4n) is 1.60. The van der Waals surface area contributed by atoms with Gasteiger partial charge in [-0.2, -0.15) is 0 Å². The fourth-order valence-corrected chi connectivity index (χ4v) is 1.60. The zero-order valence-corrected chi connectivity index (χ0v) is 10.8. The monoisotopic (exact) mass is 235 g/mol. The summed E-state index contributed by atoms with van der Waals surface area (Å²) in [4.78, 5) is 0. The first-order valence-corrected chi connectivity index (χ1v) is 5.79. The van der Waals surface area contributed by atoms with Crippen LogP contribution in [0.1, 0.15) is 19.4 Å². The highest BCUT2D eigenvalue weighted by Gasteiger charge is 2.13. The van der Waals surface area contributed by atoms with Gasteiger partial charge in [-0.05, 0) is 31.9 Å². The molecule has 0 aliphatic heterocycles. The number of methoxy groups -OCH3 is 1. The van der Waals surface area contributed by atoms with Crippen LogP contribution in [0, 0.1) is 0 Å². The molecule has 0 bridgehead atoms. The Hall–Kier alpha value is -1.48. The molecule has 94 valence electrons. The van der Waals surface area contributed by atoms with Crippen molar-refractivity contribution in [2.24, 2.45) is 5.73 Å². The first kappa shape index (κ1) is 13.6. The molecule has 1 aromatic rings. The van der Waals surface area contributed by atoms with Gasteiger partial charge in [0.1, 0.15) is 6.10 Å². The Kier molecular flexibility index (Phi) is 5.04. The van der Waals surface area contributed by atoms with E-state index in [9.17, 15) is 0 Å². The Balaban J connectivity index is 3.06. The maximum atomic E-state index is 5.83. The summed E-state index contributed by atoms with van der Waals surface area (Å²) in [7, 11) is 1.64. The van der Waals surface area contributed by atoms with E-state index in [-0.39, 0.29) is 12.1 Å². The lowest BCUT2D eigenvalue weighted by Crippen LogP contribution is -2.19. The predicted octanol–water partition coefficient (Wildman–Crippen LogP) is 2.54. The van der Waals surface area contributed by atoms with Crippen molar-refractivity contribution >= 4 is 0 Å². The Morgan fingerprint density at radius 1 is 1.41 bits per heavy atom. The van der Waals surface area contributed by atoms with Crippen molar-refractivity contribution in [3.63, 3.8) is 0 Å². The zero-order valence-electron chi connectivity index (χ0n) is 10.8. The Morgan fingerprint density at radius 2 is 2.12 bits per heavy atom. The summed E-state index contributed by atoms with van der Waals surface area (Å²) in [5.41, 5.74) is 6.89. The standard InChI is InChI=1S/C14H21NO2/c1-5-11(3)17-14-12(9-10(2)15)7-6-8-13(14)16-4/h5-8,10-11H,1,9,15H2,2-4H3. The smallest absolute Gasteiger partial charge is 0.165 e. The highest BCUT2D eigenvalue weighted by atomic mass is 16.5. The van der Waals surface area contributed by atoms with Gasteiger partial charge in [0.2, 0.25) is 0 Å². The summed E-state index contributed by atoms with van der Waals surface area (Å²) in [5.74, 6) is 1.50. The van der Waals surface area contributed by atoms with Crippen molar-refractivity contribution in [3.8, 4) is 11.5 Å². The topological polar surface area (TPSA) is 44.5 Å². The van der Waals surface area contributed by atoms with Crippen LogP contribution in [0.15, 0.2) is 30.9 Å². The highest BCUT2D eigenvalue weighted by molar-refractivity contribution is 5.47. The van der Waals surface area contributed by atoms with Crippen LogP contribution in [0.2, 0.25) is 0 Å². The molecule has 0 spiro atoms. The van der Waals surface area contributed by atoms with E-state index in [0.717, 1.165) is 23.5 Å². The van der Waals surface area contributed by atoms with Crippen molar-refractivity contribution in [3.05, 3.63) is 36.4 Å².